The second kappa shape index (κ2) is 3.89. The van der Waals surface area contributed by atoms with Crippen molar-refractivity contribution in [2.75, 3.05) is 0 Å². The van der Waals surface area contributed by atoms with Gasteiger partial charge in [0.15, 0.2) is 23.0 Å². The van der Waals surface area contributed by atoms with Gasteiger partial charge in [-0.3, -0.25) is 0 Å². The molecule has 1 aliphatic heterocycles. The van der Waals surface area contributed by atoms with Gasteiger partial charge in [0.05, 0.1) is 0 Å². The van der Waals surface area contributed by atoms with Crippen molar-refractivity contribution >= 4 is 0 Å². The zero-order chi connectivity index (χ0) is 11.7. The summed E-state index contributed by atoms with van der Waals surface area (Å²) in [6.45, 7) is 11.5. The van der Waals surface area contributed by atoms with Gasteiger partial charge in [0.1, 0.15) is 0 Å². The van der Waals surface area contributed by atoms with Crippen LogP contribution >= 0.6 is 0 Å². The van der Waals surface area contributed by atoms with Gasteiger partial charge in [0.2, 0.25) is 0 Å². The number of hydrogen-bond donors (Lipinski definition) is 0. The fourth-order valence-corrected chi connectivity index (χ4v) is 1.54. The maximum Gasteiger partial charge on any atom is 0.172 e. The highest BCUT2D eigenvalue weighted by Crippen LogP contribution is 2.37. The number of ether oxygens (including phenoxy) is 2. The number of rotatable bonds is 2. The summed E-state index contributed by atoms with van der Waals surface area (Å²) < 4.78 is 11.4. The summed E-state index contributed by atoms with van der Waals surface area (Å²) in [4.78, 5) is 0. The van der Waals surface area contributed by atoms with Crippen LogP contribution in [-0.4, -0.2) is 0 Å². The molecule has 1 aliphatic rings. The van der Waals surface area contributed by atoms with E-state index in [1.165, 1.54) is 0 Å². The standard InChI is InChI=1S/C14H14O2/c1-5-11-14(9(2)3)16-12-7-6-10(4)8-13(12)15-11/h5-8H,1-2H2,3-4H3. The van der Waals surface area contributed by atoms with Crippen LogP contribution in [0.3, 0.4) is 0 Å². The third-order valence-corrected chi connectivity index (χ3v) is 2.33. The molecule has 2 rings (SSSR count). The predicted molar refractivity (Wildman–Crippen MR) is 64.5 cm³/mol. The molecule has 2 heteroatoms. The number of fused-ring (bicyclic) bond motifs is 1. The number of aryl methyl sites for hydroxylation is 1. The lowest BCUT2D eigenvalue weighted by Gasteiger charge is -2.22. The molecule has 0 radical (unpaired) electrons. The van der Waals surface area contributed by atoms with Gasteiger partial charge in [-0.15, -0.1) is 0 Å². The van der Waals surface area contributed by atoms with Gasteiger partial charge in [0, 0.05) is 0 Å². The Kier molecular flexibility index (Phi) is 2.57. The summed E-state index contributed by atoms with van der Waals surface area (Å²) >= 11 is 0. The summed E-state index contributed by atoms with van der Waals surface area (Å²) in [7, 11) is 0. The topological polar surface area (TPSA) is 18.5 Å². The number of benzene rings is 1. The third-order valence-electron chi connectivity index (χ3n) is 2.33. The molecule has 1 aromatic carbocycles. The minimum Gasteiger partial charge on any atom is -0.450 e. The molecule has 0 atom stereocenters. The Morgan fingerprint density at radius 2 is 2.00 bits per heavy atom. The Labute approximate surface area is 95.5 Å². The van der Waals surface area contributed by atoms with Gasteiger partial charge in [-0.2, -0.15) is 0 Å². The first-order valence-electron chi connectivity index (χ1n) is 5.11. The quantitative estimate of drug-likeness (QED) is 0.746. The van der Waals surface area contributed by atoms with E-state index in [1.54, 1.807) is 6.08 Å². The van der Waals surface area contributed by atoms with E-state index in [1.807, 2.05) is 32.0 Å². The first kappa shape index (κ1) is 10.6. The molecular weight excluding hydrogens is 200 g/mol. The Morgan fingerprint density at radius 1 is 1.25 bits per heavy atom. The van der Waals surface area contributed by atoms with Gasteiger partial charge < -0.3 is 9.47 Å². The van der Waals surface area contributed by atoms with Crippen LogP contribution in [0.25, 0.3) is 0 Å². The summed E-state index contributed by atoms with van der Waals surface area (Å²) in [6, 6.07) is 5.82. The van der Waals surface area contributed by atoms with Gasteiger partial charge in [-0.1, -0.05) is 19.2 Å². The zero-order valence-electron chi connectivity index (χ0n) is 9.54. The van der Waals surface area contributed by atoms with E-state index < -0.39 is 0 Å². The van der Waals surface area contributed by atoms with Gasteiger partial charge in [0.25, 0.3) is 0 Å². The van der Waals surface area contributed by atoms with E-state index in [-0.39, 0.29) is 0 Å². The minimum absolute atomic E-state index is 0.616. The van der Waals surface area contributed by atoms with Crippen molar-refractivity contribution in [1.82, 2.24) is 0 Å². The molecule has 82 valence electrons. The van der Waals surface area contributed by atoms with E-state index in [0.717, 1.165) is 16.9 Å². The van der Waals surface area contributed by atoms with Crippen LogP contribution in [0.4, 0.5) is 0 Å². The molecule has 0 amide bonds. The first-order chi connectivity index (χ1) is 7.61. The molecule has 0 spiro atoms. The second-order valence-electron chi connectivity index (χ2n) is 3.83. The second-order valence-corrected chi connectivity index (χ2v) is 3.83. The van der Waals surface area contributed by atoms with E-state index in [9.17, 15) is 0 Å². The minimum atomic E-state index is 0.616. The highest BCUT2D eigenvalue weighted by molar-refractivity contribution is 5.50. The SMILES string of the molecule is C=CC1=C(C(=C)C)Oc2ccc(C)cc2O1. The molecule has 0 fully saturated rings. The maximum atomic E-state index is 5.74. The lowest BCUT2D eigenvalue weighted by atomic mass is 10.2. The summed E-state index contributed by atoms with van der Waals surface area (Å²) in [5.41, 5.74) is 1.95. The van der Waals surface area contributed by atoms with Crippen molar-refractivity contribution in [3.8, 4) is 11.5 Å². The molecule has 0 N–H and O–H groups in total. The number of hydrogen-bond acceptors (Lipinski definition) is 2. The van der Waals surface area contributed by atoms with Crippen LogP contribution in [0.5, 0.6) is 11.5 Å². The average Bonchev–Trinajstić information content (AvgIpc) is 2.26. The highest BCUT2D eigenvalue weighted by Gasteiger charge is 2.20. The van der Waals surface area contributed by atoms with Crippen molar-refractivity contribution < 1.29 is 9.47 Å². The van der Waals surface area contributed by atoms with Crippen LogP contribution in [0, 0.1) is 6.92 Å². The molecule has 0 aromatic heterocycles. The number of allylic oxidation sites excluding steroid dienone is 2. The van der Waals surface area contributed by atoms with Gasteiger partial charge >= 0.3 is 0 Å². The van der Waals surface area contributed by atoms with E-state index in [0.29, 0.717) is 17.3 Å². The summed E-state index contributed by atoms with van der Waals surface area (Å²) in [5, 5.41) is 0. The van der Waals surface area contributed by atoms with Crippen LogP contribution in [-0.2, 0) is 0 Å². The van der Waals surface area contributed by atoms with Crippen molar-refractivity contribution in [2.24, 2.45) is 0 Å². The molecule has 1 heterocycles. The van der Waals surface area contributed by atoms with Gasteiger partial charge in [-0.05, 0) is 43.2 Å². The molecule has 16 heavy (non-hydrogen) atoms. The van der Waals surface area contributed by atoms with Crippen LogP contribution in [0.15, 0.2) is 54.5 Å². The van der Waals surface area contributed by atoms with E-state index in [2.05, 4.69) is 13.2 Å². The summed E-state index contributed by atoms with van der Waals surface area (Å²) in [6.07, 6.45) is 1.63. The molecule has 0 saturated carbocycles. The Hall–Kier alpha value is -1.96. The van der Waals surface area contributed by atoms with Crippen LogP contribution in [0.1, 0.15) is 12.5 Å². The summed E-state index contributed by atoms with van der Waals surface area (Å²) in [5.74, 6) is 2.70. The van der Waals surface area contributed by atoms with Crippen LogP contribution in [0.2, 0.25) is 0 Å². The lowest BCUT2D eigenvalue weighted by Crippen LogP contribution is -2.11. The largest absolute Gasteiger partial charge is 0.450 e. The molecule has 0 saturated heterocycles. The highest BCUT2D eigenvalue weighted by atomic mass is 16.6. The fourth-order valence-electron chi connectivity index (χ4n) is 1.54. The van der Waals surface area contributed by atoms with Crippen molar-refractivity contribution in [1.29, 1.82) is 0 Å². The molecule has 0 bridgehead atoms. The zero-order valence-corrected chi connectivity index (χ0v) is 9.54. The fraction of sp³-hybridized carbons (Fsp3) is 0.143. The average molecular weight is 214 g/mol. The molecular formula is C14H14O2. The molecule has 2 nitrogen and oxygen atoms in total. The predicted octanol–water partition coefficient (Wildman–Crippen LogP) is 3.74. The monoisotopic (exact) mass is 214 g/mol. The molecule has 1 aromatic rings. The normalized spacial score (nSPS) is 13.6. The molecule has 0 unspecified atom stereocenters. The Balaban J connectivity index is 2.47. The van der Waals surface area contributed by atoms with Crippen molar-refractivity contribution in [3.63, 3.8) is 0 Å². The molecule has 0 aliphatic carbocycles. The van der Waals surface area contributed by atoms with Crippen LogP contribution < -0.4 is 9.47 Å². The van der Waals surface area contributed by atoms with E-state index in [4.69, 9.17) is 9.47 Å². The third kappa shape index (κ3) is 1.74. The first-order valence-corrected chi connectivity index (χ1v) is 5.11. The van der Waals surface area contributed by atoms with E-state index >= 15 is 0 Å². The van der Waals surface area contributed by atoms with Gasteiger partial charge in [-0.25, -0.2) is 0 Å². The van der Waals surface area contributed by atoms with Crippen molar-refractivity contribution in [2.45, 2.75) is 13.8 Å². The Morgan fingerprint density at radius 3 is 2.62 bits per heavy atom. The Bertz CT molecular complexity index is 495. The van der Waals surface area contributed by atoms with Crippen molar-refractivity contribution in [3.05, 3.63) is 60.1 Å². The lowest BCUT2D eigenvalue weighted by molar-refractivity contribution is 0.312. The smallest absolute Gasteiger partial charge is 0.172 e. The maximum absolute atomic E-state index is 5.74.